The lowest BCUT2D eigenvalue weighted by molar-refractivity contribution is -0.142. The highest BCUT2D eigenvalue weighted by atomic mass is 16.5. The third-order valence-electron chi connectivity index (χ3n) is 6.86. The second-order valence-electron chi connectivity index (χ2n) is 9.37. The molecule has 2 N–H and O–H groups in total. The van der Waals surface area contributed by atoms with Crippen molar-refractivity contribution in [2.75, 3.05) is 13.1 Å². The van der Waals surface area contributed by atoms with Crippen LogP contribution in [0.4, 0.5) is 0 Å². The Morgan fingerprint density at radius 1 is 1.09 bits per heavy atom. The van der Waals surface area contributed by atoms with Crippen molar-refractivity contribution in [1.82, 2.24) is 15.5 Å². The molecule has 0 radical (unpaired) electrons. The van der Waals surface area contributed by atoms with Gasteiger partial charge in [-0.25, -0.2) is 0 Å². The number of nitrogens with one attached hydrogen (secondary N) is 2. The quantitative estimate of drug-likeness (QED) is 0.388. The van der Waals surface area contributed by atoms with E-state index in [4.69, 9.17) is 4.74 Å². The first kappa shape index (κ1) is 24.4. The van der Waals surface area contributed by atoms with Crippen LogP contribution in [0.3, 0.4) is 0 Å². The van der Waals surface area contributed by atoms with Crippen molar-refractivity contribution in [1.29, 1.82) is 0 Å². The van der Waals surface area contributed by atoms with Gasteiger partial charge in [-0.2, -0.15) is 0 Å². The standard InChI is InChI=1S/C27H35N3O4/c1-2-3-4-5-15-28-16-19-9-11-20(12-10-19)18-34-24-8-6-7-21-22(24)17-30(27(21)33)23-13-14-25(31)29-26(23)32/h6-12,22-24,28H,2-5,13-18H2,1H3,(H,29,31,32). The molecule has 2 fully saturated rings. The third kappa shape index (κ3) is 5.83. The minimum atomic E-state index is -0.592. The summed E-state index contributed by atoms with van der Waals surface area (Å²) in [5.74, 6) is -0.908. The summed E-state index contributed by atoms with van der Waals surface area (Å²) in [4.78, 5) is 38.4. The molecule has 0 bridgehead atoms. The van der Waals surface area contributed by atoms with Crippen LogP contribution < -0.4 is 10.6 Å². The number of piperidine rings is 1. The molecule has 2 heterocycles. The summed E-state index contributed by atoms with van der Waals surface area (Å²) in [6.07, 6.45) is 11.1. The van der Waals surface area contributed by atoms with Crippen LogP contribution in [-0.4, -0.2) is 47.9 Å². The zero-order chi connectivity index (χ0) is 23.9. The molecule has 3 unspecified atom stereocenters. The lowest BCUT2D eigenvalue weighted by atomic mass is 9.91. The molecule has 1 aromatic carbocycles. The second kappa shape index (κ2) is 11.6. The van der Waals surface area contributed by atoms with Crippen molar-refractivity contribution >= 4 is 17.7 Å². The zero-order valence-electron chi connectivity index (χ0n) is 19.9. The molecule has 7 nitrogen and oxygen atoms in total. The fraction of sp³-hybridized carbons (Fsp3) is 0.519. The molecule has 2 saturated heterocycles. The van der Waals surface area contributed by atoms with E-state index in [1.807, 2.05) is 18.2 Å². The zero-order valence-corrected chi connectivity index (χ0v) is 19.9. The van der Waals surface area contributed by atoms with Gasteiger partial charge < -0.3 is 15.0 Å². The van der Waals surface area contributed by atoms with Crippen LogP contribution in [0.5, 0.6) is 0 Å². The molecule has 3 amide bonds. The molecule has 1 aromatic rings. The summed E-state index contributed by atoms with van der Waals surface area (Å²) < 4.78 is 6.21. The summed E-state index contributed by atoms with van der Waals surface area (Å²) in [5.41, 5.74) is 3.02. The van der Waals surface area contributed by atoms with Crippen molar-refractivity contribution in [2.45, 2.75) is 70.7 Å². The highest BCUT2D eigenvalue weighted by Crippen LogP contribution is 2.34. The molecule has 1 aliphatic carbocycles. The summed E-state index contributed by atoms with van der Waals surface area (Å²) in [7, 11) is 0. The number of hydrogen-bond donors (Lipinski definition) is 2. The Morgan fingerprint density at radius 2 is 1.88 bits per heavy atom. The van der Waals surface area contributed by atoms with Crippen LogP contribution in [0.25, 0.3) is 0 Å². The fourth-order valence-electron chi connectivity index (χ4n) is 4.87. The van der Waals surface area contributed by atoms with Crippen LogP contribution >= 0.6 is 0 Å². The van der Waals surface area contributed by atoms with E-state index in [-0.39, 0.29) is 36.2 Å². The molecular formula is C27H35N3O4. The van der Waals surface area contributed by atoms with Crippen LogP contribution in [0, 0.1) is 5.92 Å². The van der Waals surface area contributed by atoms with Crippen molar-refractivity contribution in [3.63, 3.8) is 0 Å². The van der Waals surface area contributed by atoms with Gasteiger partial charge in [0.2, 0.25) is 11.8 Å². The van der Waals surface area contributed by atoms with E-state index < -0.39 is 6.04 Å². The molecule has 0 spiro atoms. The first-order chi connectivity index (χ1) is 16.6. The number of carbonyl (C=O) groups is 3. The van der Waals surface area contributed by atoms with Crippen LogP contribution in [0.1, 0.15) is 56.6 Å². The number of amides is 3. The number of fused-ring (bicyclic) bond motifs is 1. The fourth-order valence-corrected chi connectivity index (χ4v) is 4.87. The maximum Gasteiger partial charge on any atom is 0.250 e. The average Bonchev–Trinajstić information content (AvgIpc) is 3.17. The number of nitrogens with zero attached hydrogens (tertiary/aromatic N) is 1. The normalized spacial score (nSPS) is 24.3. The van der Waals surface area contributed by atoms with Crippen LogP contribution in [-0.2, 0) is 32.3 Å². The Morgan fingerprint density at radius 3 is 2.65 bits per heavy atom. The minimum absolute atomic E-state index is 0.112. The van der Waals surface area contributed by atoms with Gasteiger partial charge in [-0.05, 0) is 30.5 Å². The number of hydrogen-bond acceptors (Lipinski definition) is 5. The minimum Gasteiger partial charge on any atom is -0.369 e. The predicted molar refractivity (Wildman–Crippen MR) is 129 cm³/mol. The molecule has 7 heteroatoms. The maximum atomic E-state index is 13.0. The van der Waals surface area contributed by atoms with E-state index in [2.05, 4.69) is 41.8 Å². The smallest absolute Gasteiger partial charge is 0.250 e. The SMILES string of the molecule is CCCCCCNCc1ccc(COC2C=CC=C3C(=O)N(C4CCC(=O)NC4=O)CC32)cc1. The molecule has 3 atom stereocenters. The van der Waals surface area contributed by atoms with Crippen LogP contribution in [0.15, 0.2) is 48.1 Å². The Hall–Kier alpha value is -2.77. The largest absolute Gasteiger partial charge is 0.369 e. The third-order valence-corrected chi connectivity index (χ3v) is 6.86. The van der Waals surface area contributed by atoms with E-state index in [1.54, 1.807) is 4.90 Å². The molecule has 182 valence electrons. The van der Waals surface area contributed by atoms with E-state index in [1.165, 1.54) is 31.2 Å². The molecule has 2 aliphatic heterocycles. The summed E-state index contributed by atoms with van der Waals surface area (Å²) in [6, 6.07) is 7.84. The van der Waals surface area contributed by atoms with Crippen LogP contribution in [0.2, 0.25) is 0 Å². The van der Waals surface area contributed by atoms with Crippen molar-refractivity contribution in [2.24, 2.45) is 5.92 Å². The lowest BCUT2D eigenvalue weighted by Crippen LogP contribution is -2.53. The Bertz CT molecular complexity index is 953. The monoisotopic (exact) mass is 465 g/mol. The van der Waals surface area contributed by atoms with E-state index in [9.17, 15) is 14.4 Å². The Kier molecular flexibility index (Phi) is 8.29. The highest BCUT2D eigenvalue weighted by Gasteiger charge is 2.45. The van der Waals surface area contributed by atoms with Gasteiger partial charge in [0.15, 0.2) is 0 Å². The second-order valence-corrected chi connectivity index (χ2v) is 9.37. The number of unbranched alkanes of at least 4 members (excludes halogenated alkanes) is 3. The van der Waals surface area contributed by atoms with E-state index in [0.717, 1.165) is 18.7 Å². The van der Waals surface area contributed by atoms with Crippen molar-refractivity contribution in [3.05, 3.63) is 59.2 Å². The highest BCUT2D eigenvalue weighted by molar-refractivity contribution is 6.05. The number of carbonyl (C=O) groups excluding carboxylic acids is 3. The summed E-state index contributed by atoms with van der Waals surface area (Å²) in [6.45, 7) is 5.02. The topological polar surface area (TPSA) is 87.7 Å². The van der Waals surface area contributed by atoms with Gasteiger partial charge in [-0.15, -0.1) is 0 Å². The number of rotatable bonds is 11. The van der Waals surface area contributed by atoms with Gasteiger partial charge in [0.25, 0.3) is 5.91 Å². The molecule has 0 saturated carbocycles. The molecule has 34 heavy (non-hydrogen) atoms. The summed E-state index contributed by atoms with van der Waals surface area (Å²) >= 11 is 0. The van der Waals surface area contributed by atoms with Gasteiger partial charge >= 0.3 is 0 Å². The number of ether oxygens (including phenoxy) is 1. The lowest BCUT2D eigenvalue weighted by Gasteiger charge is -2.30. The molecule has 3 aliphatic rings. The van der Waals surface area contributed by atoms with Gasteiger partial charge in [0, 0.05) is 31.0 Å². The van der Waals surface area contributed by atoms with Crippen molar-refractivity contribution in [3.8, 4) is 0 Å². The maximum absolute atomic E-state index is 13.0. The van der Waals surface area contributed by atoms with Gasteiger partial charge in [0.05, 0.1) is 12.7 Å². The van der Waals surface area contributed by atoms with Gasteiger partial charge in [0.1, 0.15) is 6.04 Å². The Balaban J connectivity index is 1.27. The number of benzene rings is 1. The molecule has 0 aromatic heterocycles. The summed E-state index contributed by atoms with van der Waals surface area (Å²) in [5, 5.41) is 5.85. The first-order valence-electron chi connectivity index (χ1n) is 12.5. The number of allylic oxidation sites excluding steroid dienone is 2. The predicted octanol–water partition coefficient (Wildman–Crippen LogP) is 3.00. The van der Waals surface area contributed by atoms with Gasteiger partial charge in [-0.1, -0.05) is 68.7 Å². The van der Waals surface area contributed by atoms with E-state index in [0.29, 0.717) is 25.1 Å². The van der Waals surface area contributed by atoms with Gasteiger partial charge in [-0.3, -0.25) is 19.7 Å². The number of likely N-dealkylation sites (tertiary alicyclic amines) is 1. The number of imide groups is 1. The first-order valence-corrected chi connectivity index (χ1v) is 12.5. The van der Waals surface area contributed by atoms with Crippen molar-refractivity contribution < 1.29 is 19.1 Å². The Labute approximate surface area is 201 Å². The molecule has 4 rings (SSSR count). The van der Waals surface area contributed by atoms with E-state index >= 15 is 0 Å². The molecular weight excluding hydrogens is 430 g/mol. The average molecular weight is 466 g/mol.